The second-order valence-electron chi connectivity index (χ2n) is 14.2. The number of carbonyl (C=O) groups is 1. The van der Waals surface area contributed by atoms with Gasteiger partial charge in [-0.05, 0) is 136 Å². The summed E-state index contributed by atoms with van der Waals surface area (Å²) in [6.45, 7) is 21.8. The molecule has 0 N–H and O–H groups in total. The fourth-order valence-corrected chi connectivity index (χ4v) is 6.86. The van der Waals surface area contributed by atoms with E-state index in [-0.39, 0.29) is 23.3 Å². The molecule has 0 spiro atoms. The molecule has 4 rings (SSSR count). The van der Waals surface area contributed by atoms with Gasteiger partial charge in [0.2, 0.25) is 0 Å². The molecule has 234 valence electrons. The van der Waals surface area contributed by atoms with E-state index in [0.29, 0.717) is 13.1 Å². The molecule has 0 aliphatic carbocycles. The Kier molecular flexibility index (Phi) is 10.1. The van der Waals surface area contributed by atoms with Gasteiger partial charge in [0.25, 0.3) is 0 Å². The number of amides is 1. The first-order chi connectivity index (χ1) is 19.9. The fraction of sp³-hybridized carbons (Fsp3) is 0.529. The quantitative estimate of drug-likeness (QED) is 0.172. The van der Waals surface area contributed by atoms with Crippen LogP contribution in [0, 0.1) is 17.4 Å². The van der Waals surface area contributed by atoms with Gasteiger partial charge in [0.05, 0.1) is 19.2 Å². The molecule has 43 heavy (non-hydrogen) atoms. The maximum Gasteiger partial charge on any atom is 0.410 e. The Bertz CT molecular complexity index is 1400. The van der Waals surface area contributed by atoms with E-state index in [2.05, 4.69) is 105 Å². The zero-order valence-corrected chi connectivity index (χ0v) is 30.6. The smallest absolute Gasteiger partial charge is 0.410 e. The summed E-state index contributed by atoms with van der Waals surface area (Å²) in [5.41, 5.74) is 3.79. The van der Waals surface area contributed by atoms with Crippen molar-refractivity contribution in [3.05, 3.63) is 74.7 Å². The summed E-state index contributed by atoms with van der Waals surface area (Å²) in [6, 6.07) is 14.6. The predicted molar refractivity (Wildman–Crippen MR) is 184 cm³/mol. The standard InChI is InChI=1S/C34H48IN3O4Si/c1-23-11-12-24(2)38(23)31-18-14-26(20-36-31)30(42-43(9,10)34(6,7)8)22-37(32(39)41-33(3,4)5)21-28-16-13-25-19-27(35)15-17-29(25)40-28/h11-12,14-15,17-20,28,30H,13,16,21-22H2,1-10H3/t28-,30+/m1/s1. The number of carbonyl (C=O) groups excluding carboxylic acids is 1. The Balaban J connectivity index is 1.66. The number of pyridine rings is 1. The van der Waals surface area contributed by atoms with Gasteiger partial charge in [-0.2, -0.15) is 0 Å². The maximum atomic E-state index is 13.7. The van der Waals surface area contributed by atoms with Crippen molar-refractivity contribution in [2.24, 2.45) is 0 Å². The predicted octanol–water partition coefficient (Wildman–Crippen LogP) is 8.79. The highest BCUT2D eigenvalue weighted by atomic mass is 127. The van der Waals surface area contributed by atoms with Crippen molar-refractivity contribution < 1.29 is 18.7 Å². The number of fused-ring (bicyclic) bond motifs is 1. The molecule has 9 heteroatoms. The Morgan fingerprint density at radius 1 is 1.09 bits per heavy atom. The van der Waals surface area contributed by atoms with Gasteiger partial charge in [-0.25, -0.2) is 9.78 Å². The molecule has 7 nitrogen and oxygen atoms in total. The number of hydrogen-bond acceptors (Lipinski definition) is 5. The highest BCUT2D eigenvalue weighted by molar-refractivity contribution is 14.1. The maximum absolute atomic E-state index is 13.7. The summed E-state index contributed by atoms with van der Waals surface area (Å²) in [6.07, 6.45) is 2.75. The molecule has 0 fully saturated rings. The van der Waals surface area contributed by atoms with Gasteiger partial charge in [-0.15, -0.1) is 0 Å². The molecule has 0 radical (unpaired) electrons. The molecule has 0 bridgehead atoms. The molecule has 0 unspecified atom stereocenters. The molecule has 1 aromatic carbocycles. The summed E-state index contributed by atoms with van der Waals surface area (Å²) in [5.74, 6) is 1.76. The van der Waals surface area contributed by atoms with Gasteiger partial charge >= 0.3 is 6.09 Å². The molecule has 2 aromatic heterocycles. The van der Waals surface area contributed by atoms with Crippen LogP contribution in [0.3, 0.4) is 0 Å². The van der Waals surface area contributed by atoms with Crippen molar-refractivity contribution in [2.75, 3.05) is 13.1 Å². The monoisotopic (exact) mass is 717 g/mol. The number of halogens is 1. The van der Waals surface area contributed by atoms with E-state index in [0.717, 1.165) is 41.4 Å². The second-order valence-corrected chi connectivity index (χ2v) is 20.2. The summed E-state index contributed by atoms with van der Waals surface area (Å²) in [7, 11) is -2.23. The van der Waals surface area contributed by atoms with Crippen molar-refractivity contribution in [3.63, 3.8) is 0 Å². The number of hydrogen-bond donors (Lipinski definition) is 0. The van der Waals surface area contributed by atoms with Crippen LogP contribution in [0.2, 0.25) is 18.1 Å². The minimum absolute atomic E-state index is 0.0115. The van der Waals surface area contributed by atoms with E-state index in [1.165, 1.54) is 9.13 Å². The number of ether oxygens (including phenoxy) is 2. The normalized spacial score (nSPS) is 16.3. The van der Waals surface area contributed by atoms with E-state index < -0.39 is 13.9 Å². The third-order valence-electron chi connectivity index (χ3n) is 8.40. The van der Waals surface area contributed by atoms with Crippen LogP contribution in [0.4, 0.5) is 4.79 Å². The molecule has 2 atom stereocenters. The molecular formula is C34H48IN3O4Si. The van der Waals surface area contributed by atoms with Crippen LogP contribution >= 0.6 is 22.6 Å². The Morgan fingerprint density at radius 2 is 1.77 bits per heavy atom. The van der Waals surface area contributed by atoms with E-state index in [4.69, 9.17) is 18.9 Å². The lowest BCUT2D eigenvalue weighted by molar-refractivity contribution is 0.00490. The van der Waals surface area contributed by atoms with Crippen molar-refractivity contribution in [1.29, 1.82) is 0 Å². The first-order valence-electron chi connectivity index (χ1n) is 15.2. The van der Waals surface area contributed by atoms with E-state index >= 15 is 0 Å². The van der Waals surface area contributed by atoms with Gasteiger partial charge in [0, 0.05) is 21.2 Å². The number of aryl methyl sites for hydroxylation is 3. The SMILES string of the molecule is Cc1ccc(C)n1-c1ccc([C@H](CN(C[C@H]2CCc3cc(I)ccc3O2)C(=O)OC(C)(C)C)O[Si](C)(C)C(C)(C)C)cn1. The van der Waals surface area contributed by atoms with Crippen LogP contribution in [0.5, 0.6) is 5.75 Å². The summed E-state index contributed by atoms with van der Waals surface area (Å²) < 4.78 is 22.7. The zero-order chi connectivity index (χ0) is 31.7. The number of rotatable bonds is 8. The summed E-state index contributed by atoms with van der Waals surface area (Å²) in [5, 5.41) is -0.0115. The van der Waals surface area contributed by atoms with Crippen molar-refractivity contribution in [2.45, 2.75) is 104 Å². The lowest BCUT2D eigenvalue weighted by atomic mass is 10.0. The molecule has 3 aromatic rings. The largest absolute Gasteiger partial charge is 0.488 e. The molecule has 3 heterocycles. The third kappa shape index (κ3) is 8.42. The summed E-state index contributed by atoms with van der Waals surface area (Å²) >= 11 is 2.33. The number of aromatic nitrogens is 2. The molecule has 0 saturated carbocycles. The minimum atomic E-state index is -2.23. The first-order valence-corrected chi connectivity index (χ1v) is 19.1. The van der Waals surface area contributed by atoms with Crippen molar-refractivity contribution in [1.82, 2.24) is 14.5 Å². The van der Waals surface area contributed by atoms with Gasteiger partial charge in [0.1, 0.15) is 23.3 Å². The van der Waals surface area contributed by atoms with E-state index in [1.807, 2.05) is 39.1 Å². The fourth-order valence-electron chi connectivity index (χ4n) is 5.03. The van der Waals surface area contributed by atoms with Gasteiger partial charge in [-0.1, -0.05) is 26.8 Å². The first kappa shape index (κ1) is 33.5. The molecular weight excluding hydrogens is 669 g/mol. The van der Waals surface area contributed by atoms with Gasteiger partial charge in [0.15, 0.2) is 8.32 Å². The molecule has 1 amide bonds. The lowest BCUT2D eigenvalue weighted by Gasteiger charge is -2.41. The Hall–Kier alpha value is -2.37. The van der Waals surface area contributed by atoms with Crippen molar-refractivity contribution in [3.8, 4) is 11.6 Å². The molecule has 1 aliphatic rings. The van der Waals surface area contributed by atoms with Crippen LogP contribution in [-0.4, -0.2) is 53.7 Å². The molecule has 1 aliphatic heterocycles. The topological polar surface area (TPSA) is 65.8 Å². The number of nitrogens with zero attached hydrogens (tertiary/aromatic N) is 3. The van der Waals surface area contributed by atoms with Crippen LogP contribution in [0.1, 0.15) is 76.6 Å². The average Bonchev–Trinajstić information content (AvgIpc) is 3.23. The van der Waals surface area contributed by atoms with Crippen LogP contribution in [0.15, 0.2) is 48.7 Å². The minimum Gasteiger partial charge on any atom is -0.488 e. The second kappa shape index (κ2) is 12.9. The summed E-state index contributed by atoms with van der Waals surface area (Å²) in [4.78, 5) is 20.4. The Labute approximate surface area is 272 Å². The average molecular weight is 718 g/mol. The van der Waals surface area contributed by atoms with Crippen LogP contribution in [-0.2, 0) is 15.6 Å². The lowest BCUT2D eigenvalue weighted by Crippen LogP contribution is -2.48. The van der Waals surface area contributed by atoms with Crippen LogP contribution in [0.25, 0.3) is 5.82 Å². The van der Waals surface area contributed by atoms with Crippen LogP contribution < -0.4 is 4.74 Å². The molecule has 0 saturated heterocycles. The number of benzene rings is 1. The van der Waals surface area contributed by atoms with E-state index in [1.54, 1.807) is 4.90 Å². The van der Waals surface area contributed by atoms with Gasteiger partial charge < -0.3 is 23.4 Å². The Morgan fingerprint density at radius 3 is 2.35 bits per heavy atom. The van der Waals surface area contributed by atoms with Gasteiger partial charge in [-0.3, -0.25) is 0 Å². The third-order valence-corrected chi connectivity index (χ3v) is 13.6. The highest BCUT2D eigenvalue weighted by Crippen LogP contribution is 2.40. The zero-order valence-electron chi connectivity index (χ0n) is 27.5. The highest BCUT2D eigenvalue weighted by Gasteiger charge is 2.41. The van der Waals surface area contributed by atoms with E-state index in [9.17, 15) is 4.79 Å². The van der Waals surface area contributed by atoms with Crippen molar-refractivity contribution >= 4 is 37.0 Å².